The monoisotopic (exact) mass is 310 g/mol. The van der Waals surface area contributed by atoms with Gasteiger partial charge in [0.15, 0.2) is 5.65 Å². The summed E-state index contributed by atoms with van der Waals surface area (Å²) in [5.41, 5.74) is 10.2. The van der Waals surface area contributed by atoms with Crippen LogP contribution in [0.1, 0.15) is 44.2 Å². The normalized spacial score (nSPS) is 21.8. The maximum Gasteiger partial charge on any atom is 0.165 e. The van der Waals surface area contributed by atoms with E-state index in [9.17, 15) is 0 Å². The minimum Gasteiger partial charge on any atom is -0.384 e. The third-order valence-electron chi connectivity index (χ3n) is 4.89. The molecule has 0 unspecified atom stereocenters. The van der Waals surface area contributed by atoms with Crippen LogP contribution in [0.2, 0.25) is 0 Å². The number of nitrogen functional groups attached to an aromatic ring is 1. The molecule has 1 aliphatic carbocycles. The van der Waals surface area contributed by atoms with E-state index >= 15 is 0 Å². The SMILES string of the molecule is C[C@@H]1CCC[C@H](c2cc(N)n3ncc(-c4cnn(C)c4)c3n2)C1. The number of fused-ring (bicyclic) bond motifs is 1. The van der Waals surface area contributed by atoms with E-state index in [0.29, 0.717) is 11.7 Å². The van der Waals surface area contributed by atoms with Crippen molar-refractivity contribution in [3.8, 4) is 11.1 Å². The predicted octanol–water partition coefficient (Wildman–Crippen LogP) is 3.01. The van der Waals surface area contributed by atoms with E-state index in [-0.39, 0.29) is 0 Å². The summed E-state index contributed by atoms with van der Waals surface area (Å²) in [5, 5.41) is 8.64. The van der Waals surface area contributed by atoms with Crippen molar-refractivity contribution in [2.75, 3.05) is 5.73 Å². The highest BCUT2D eigenvalue weighted by atomic mass is 15.3. The fourth-order valence-electron chi connectivity index (χ4n) is 3.68. The van der Waals surface area contributed by atoms with Gasteiger partial charge in [-0.05, 0) is 18.8 Å². The van der Waals surface area contributed by atoms with Gasteiger partial charge in [0.2, 0.25) is 0 Å². The van der Waals surface area contributed by atoms with E-state index in [1.54, 1.807) is 9.20 Å². The van der Waals surface area contributed by atoms with Crippen LogP contribution < -0.4 is 5.73 Å². The zero-order valence-corrected chi connectivity index (χ0v) is 13.6. The summed E-state index contributed by atoms with van der Waals surface area (Å²) in [6.07, 6.45) is 10.6. The van der Waals surface area contributed by atoms with Crippen LogP contribution in [0.4, 0.5) is 5.82 Å². The van der Waals surface area contributed by atoms with Gasteiger partial charge in [0.25, 0.3) is 0 Å². The molecular formula is C17H22N6. The van der Waals surface area contributed by atoms with E-state index < -0.39 is 0 Å². The lowest BCUT2D eigenvalue weighted by Gasteiger charge is -2.26. The highest BCUT2D eigenvalue weighted by Gasteiger charge is 2.23. The third-order valence-corrected chi connectivity index (χ3v) is 4.89. The molecule has 2 N–H and O–H groups in total. The Morgan fingerprint density at radius 2 is 2.09 bits per heavy atom. The molecule has 0 aliphatic heterocycles. The average molecular weight is 310 g/mol. The van der Waals surface area contributed by atoms with Gasteiger partial charge in [-0.25, -0.2) is 4.98 Å². The first-order valence-electron chi connectivity index (χ1n) is 8.25. The fraction of sp³-hybridized carbons (Fsp3) is 0.471. The number of rotatable bonds is 2. The molecule has 0 bridgehead atoms. The van der Waals surface area contributed by atoms with Crippen molar-refractivity contribution in [3.63, 3.8) is 0 Å². The van der Waals surface area contributed by atoms with Crippen molar-refractivity contribution in [2.45, 2.75) is 38.5 Å². The van der Waals surface area contributed by atoms with Gasteiger partial charge in [-0.3, -0.25) is 4.68 Å². The molecule has 23 heavy (non-hydrogen) atoms. The van der Waals surface area contributed by atoms with Gasteiger partial charge in [-0.2, -0.15) is 14.7 Å². The van der Waals surface area contributed by atoms with Gasteiger partial charge in [0.1, 0.15) is 5.82 Å². The minimum atomic E-state index is 0.502. The second kappa shape index (κ2) is 5.37. The van der Waals surface area contributed by atoms with Crippen molar-refractivity contribution < 1.29 is 0 Å². The van der Waals surface area contributed by atoms with Gasteiger partial charge < -0.3 is 5.73 Å². The summed E-state index contributed by atoms with van der Waals surface area (Å²) in [6, 6.07) is 2.00. The van der Waals surface area contributed by atoms with Crippen molar-refractivity contribution in [1.82, 2.24) is 24.4 Å². The molecule has 4 rings (SSSR count). The van der Waals surface area contributed by atoms with Crippen LogP contribution in [0.5, 0.6) is 0 Å². The Kier molecular flexibility index (Phi) is 3.32. The Balaban J connectivity index is 1.82. The number of hydrogen-bond donors (Lipinski definition) is 1. The maximum atomic E-state index is 6.23. The highest BCUT2D eigenvalue weighted by molar-refractivity contribution is 5.77. The Hall–Kier alpha value is -2.37. The molecular weight excluding hydrogens is 288 g/mol. The van der Waals surface area contributed by atoms with Crippen LogP contribution in [-0.2, 0) is 7.05 Å². The summed E-state index contributed by atoms with van der Waals surface area (Å²) >= 11 is 0. The smallest absolute Gasteiger partial charge is 0.165 e. The fourth-order valence-corrected chi connectivity index (χ4v) is 3.68. The number of nitrogens with two attached hydrogens (primary N) is 1. The third kappa shape index (κ3) is 2.48. The molecule has 6 heteroatoms. The van der Waals surface area contributed by atoms with Gasteiger partial charge in [0.05, 0.1) is 12.4 Å². The zero-order valence-electron chi connectivity index (χ0n) is 13.6. The van der Waals surface area contributed by atoms with Gasteiger partial charge in [-0.15, -0.1) is 0 Å². The summed E-state index contributed by atoms with van der Waals surface area (Å²) in [5.74, 6) is 1.91. The van der Waals surface area contributed by atoms with E-state index in [1.807, 2.05) is 31.7 Å². The largest absolute Gasteiger partial charge is 0.384 e. The van der Waals surface area contributed by atoms with Crippen LogP contribution in [0.3, 0.4) is 0 Å². The second-order valence-corrected chi connectivity index (χ2v) is 6.77. The molecule has 6 nitrogen and oxygen atoms in total. The lowest BCUT2D eigenvalue weighted by molar-refractivity contribution is 0.340. The van der Waals surface area contributed by atoms with Gasteiger partial charge in [-0.1, -0.05) is 19.8 Å². The first-order valence-corrected chi connectivity index (χ1v) is 8.25. The minimum absolute atomic E-state index is 0.502. The molecule has 1 fully saturated rings. The quantitative estimate of drug-likeness (QED) is 0.789. The average Bonchev–Trinajstić information content (AvgIpc) is 3.13. The van der Waals surface area contributed by atoms with Crippen molar-refractivity contribution >= 4 is 11.5 Å². The van der Waals surface area contributed by atoms with Crippen LogP contribution in [0, 0.1) is 5.92 Å². The van der Waals surface area contributed by atoms with E-state index in [4.69, 9.17) is 10.7 Å². The molecule has 3 aromatic rings. The number of aromatic nitrogens is 5. The topological polar surface area (TPSA) is 74.0 Å². The Labute approximate surface area is 135 Å². The second-order valence-electron chi connectivity index (χ2n) is 6.77. The zero-order chi connectivity index (χ0) is 16.0. The predicted molar refractivity (Wildman–Crippen MR) is 90.0 cm³/mol. The van der Waals surface area contributed by atoms with Crippen LogP contribution in [-0.4, -0.2) is 24.4 Å². The Bertz CT molecular complexity index is 846. The van der Waals surface area contributed by atoms with Crippen molar-refractivity contribution in [1.29, 1.82) is 0 Å². The number of aryl methyl sites for hydroxylation is 1. The van der Waals surface area contributed by atoms with Gasteiger partial charge >= 0.3 is 0 Å². The molecule has 0 radical (unpaired) electrons. The summed E-state index contributed by atoms with van der Waals surface area (Å²) in [6.45, 7) is 2.33. The molecule has 0 spiro atoms. The lowest BCUT2D eigenvalue weighted by Crippen LogP contribution is -2.14. The highest BCUT2D eigenvalue weighted by Crippen LogP contribution is 2.36. The molecule has 2 atom stereocenters. The van der Waals surface area contributed by atoms with Gasteiger partial charge in [0, 0.05) is 42.0 Å². The molecule has 3 aromatic heterocycles. The standard InChI is InChI=1S/C17H22N6/c1-11-4-3-5-12(6-11)15-7-16(18)23-17(21-15)14(9-20-23)13-8-19-22(2)10-13/h7-12H,3-6,18H2,1-2H3/t11-,12+/m1/s1. The number of hydrogen-bond acceptors (Lipinski definition) is 4. The Morgan fingerprint density at radius 3 is 2.83 bits per heavy atom. The molecule has 0 amide bonds. The van der Waals surface area contributed by atoms with E-state index in [0.717, 1.165) is 28.4 Å². The summed E-state index contributed by atoms with van der Waals surface area (Å²) < 4.78 is 3.51. The lowest BCUT2D eigenvalue weighted by atomic mass is 9.81. The van der Waals surface area contributed by atoms with E-state index in [2.05, 4.69) is 17.1 Å². The molecule has 1 aliphatic rings. The first kappa shape index (κ1) is 14.2. The Morgan fingerprint density at radius 1 is 1.22 bits per heavy atom. The summed E-state index contributed by atoms with van der Waals surface area (Å²) in [4.78, 5) is 4.92. The molecule has 0 saturated heterocycles. The van der Waals surface area contributed by atoms with Crippen molar-refractivity contribution in [2.24, 2.45) is 13.0 Å². The number of nitrogens with zero attached hydrogens (tertiary/aromatic N) is 5. The first-order chi connectivity index (χ1) is 11.1. The maximum absolute atomic E-state index is 6.23. The summed E-state index contributed by atoms with van der Waals surface area (Å²) in [7, 11) is 1.91. The molecule has 120 valence electrons. The van der Waals surface area contributed by atoms with Crippen LogP contribution in [0.15, 0.2) is 24.7 Å². The molecule has 3 heterocycles. The number of anilines is 1. The molecule has 1 saturated carbocycles. The van der Waals surface area contributed by atoms with Crippen LogP contribution >= 0.6 is 0 Å². The molecule has 0 aromatic carbocycles. The van der Waals surface area contributed by atoms with Crippen molar-refractivity contribution in [3.05, 3.63) is 30.4 Å². The van der Waals surface area contributed by atoms with Crippen LogP contribution in [0.25, 0.3) is 16.8 Å². The van der Waals surface area contributed by atoms with E-state index in [1.165, 1.54) is 25.7 Å².